The van der Waals surface area contributed by atoms with Crippen molar-refractivity contribution in [3.63, 3.8) is 0 Å². The average Bonchev–Trinajstić information content (AvgIpc) is 2.52. The van der Waals surface area contributed by atoms with E-state index in [2.05, 4.69) is 4.98 Å². The molecule has 5 nitrogen and oxygen atoms in total. The van der Waals surface area contributed by atoms with Gasteiger partial charge in [0, 0.05) is 23.5 Å². The first kappa shape index (κ1) is 15.1. The highest BCUT2D eigenvalue weighted by Gasteiger charge is 2.23. The molecule has 0 aliphatic heterocycles. The summed E-state index contributed by atoms with van der Waals surface area (Å²) in [5.41, 5.74) is 2.28. The lowest BCUT2D eigenvalue weighted by Gasteiger charge is -2.20. The van der Waals surface area contributed by atoms with Crippen molar-refractivity contribution in [1.82, 2.24) is 4.98 Å². The van der Waals surface area contributed by atoms with Crippen LogP contribution in [-0.2, 0) is 0 Å². The molecule has 21 heavy (non-hydrogen) atoms. The molecule has 1 N–H and O–H groups in total. The van der Waals surface area contributed by atoms with Crippen LogP contribution < -0.4 is 14.2 Å². The Bertz CT molecular complexity index is 628. The molecule has 0 saturated heterocycles. The Labute approximate surface area is 124 Å². The summed E-state index contributed by atoms with van der Waals surface area (Å²) >= 11 is 0. The number of hydrogen-bond acceptors (Lipinski definition) is 5. The largest absolute Gasteiger partial charge is 0.493 e. The predicted octanol–water partition coefficient (Wildman–Crippen LogP) is 2.50. The van der Waals surface area contributed by atoms with Crippen molar-refractivity contribution in [1.29, 1.82) is 0 Å². The summed E-state index contributed by atoms with van der Waals surface area (Å²) in [7, 11) is 4.62. The zero-order chi connectivity index (χ0) is 15.4. The second kappa shape index (κ2) is 6.45. The number of ether oxygens (including phenoxy) is 3. The minimum Gasteiger partial charge on any atom is -0.493 e. The van der Waals surface area contributed by atoms with Gasteiger partial charge in [-0.2, -0.15) is 0 Å². The van der Waals surface area contributed by atoms with Gasteiger partial charge in [-0.05, 0) is 30.7 Å². The van der Waals surface area contributed by atoms with Crippen LogP contribution in [0, 0.1) is 6.92 Å². The summed E-state index contributed by atoms with van der Waals surface area (Å²) in [6.45, 7) is 1.92. The lowest BCUT2D eigenvalue weighted by molar-refractivity contribution is 0.211. The van der Waals surface area contributed by atoms with E-state index < -0.39 is 6.10 Å². The minimum atomic E-state index is -0.853. The van der Waals surface area contributed by atoms with Crippen LogP contribution in [0.15, 0.2) is 30.6 Å². The maximum atomic E-state index is 10.7. The Kier molecular flexibility index (Phi) is 4.65. The first-order valence-electron chi connectivity index (χ1n) is 6.51. The monoisotopic (exact) mass is 289 g/mol. The van der Waals surface area contributed by atoms with Gasteiger partial charge in [0.1, 0.15) is 6.10 Å². The second-order valence-corrected chi connectivity index (χ2v) is 4.56. The summed E-state index contributed by atoms with van der Waals surface area (Å²) in [5.74, 6) is 1.46. The highest BCUT2D eigenvalue weighted by Crippen LogP contribution is 2.43. The summed E-state index contributed by atoms with van der Waals surface area (Å²) in [6.07, 6.45) is 2.49. The summed E-state index contributed by atoms with van der Waals surface area (Å²) in [5, 5.41) is 10.7. The molecule has 1 aromatic carbocycles. The first-order valence-corrected chi connectivity index (χ1v) is 6.51. The molecule has 2 rings (SSSR count). The maximum Gasteiger partial charge on any atom is 0.203 e. The zero-order valence-corrected chi connectivity index (χ0v) is 12.6. The van der Waals surface area contributed by atoms with Crippen LogP contribution in [0.1, 0.15) is 22.8 Å². The maximum absolute atomic E-state index is 10.7. The van der Waals surface area contributed by atoms with E-state index in [1.165, 1.54) is 14.2 Å². The van der Waals surface area contributed by atoms with Crippen molar-refractivity contribution >= 4 is 0 Å². The van der Waals surface area contributed by atoms with E-state index >= 15 is 0 Å². The fraction of sp³-hybridized carbons (Fsp3) is 0.312. The number of aliphatic hydroxyl groups is 1. The van der Waals surface area contributed by atoms with Crippen LogP contribution in [0.2, 0.25) is 0 Å². The van der Waals surface area contributed by atoms with E-state index in [9.17, 15) is 5.11 Å². The van der Waals surface area contributed by atoms with Gasteiger partial charge in [-0.1, -0.05) is 0 Å². The van der Waals surface area contributed by atoms with E-state index in [0.29, 0.717) is 22.8 Å². The highest BCUT2D eigenvalue weighted by atomic mass is 16.5. The van der Waals surface area contributed by atoms with Crippen LogP contribution in [0.4, 0.5) is 0 Å². The number of aliphatic hydroxyl groups excluding tert-OH is 1. The third kappa shape index (κ3) is 2.78. The Balaban J connectivity index is 2.56. The topological polar surface area (TPSA) is 60.8 Å². The number of nitrogens with zero attached hydrogens (tertiary/aromatic N) is 1. The van der Waals surface area contributed by atoms with Gasteiger partial charge in [0.05, 0.1) is 21.3 Å². The van der Waals surface area contributed by atoms with Crippen molar-refractivity contribution in [3.05, 3.63) is 47.3 Å². The molecule has 112 valence electrons. The Morgan fingerprint density at radius 2 is 1.67 bits per heavy atom. The summed E-state index contributed by atoms with van der Waals surface area (Å²) in [4.78, 5) is 4.07. The molecule has 1 aromatic heterocycles. The quantitative estimate of drug-likeness (QED) is 0.916. The molecule has 1 unspecified atom stereocenters. The van der Waals surface area contributed by atoms with Gasteiger partial charge in [0.2, 0.25) is 5.75 Å². The van der Waals surface area contributed by atoms with E-state index in [0.717, 1.165) is 11.1 Å². The van der Waals surface area contributed by atoms with Crippen LogP contribution >= 0.6 is 0 Å². The molecule has 0 radical (unpaired) electrons. The summed E-state index contributed by atoms with van der Waals surface area (Å²) < 4.78 is 16.0. The van der Waals surface area contributed by atoms with Crippen molar-refractivity contribution < 1.29 is 19.3 Å². The third-order valence-corrected chi connectivity index (χ3v) is 3.40. The molecule has 0 spiro atoms. The Hall–Kier alpha value is -2.27. The first-order chi connectivity index (χ1) is 10.1. The van der Waals surface area contributed by atoms with E-state index in [4.69, 9.17) is 14.2 Å². The summed E-state index contributed by atoms with van der Waals surface area (Å²) in [6, 6.07) is 5.36. The van der Waals surface area contributed by atoms with Gasteiger partial charge in [-0.3, -0.25) is 4.98 Å². The molecule has 0 saturated carbocycles. The molecule has 1 heterocycles. The molecular formula is C16H19NO4. The second-order valence-electron chi connectivity index (χ2n) is 4.56. The van der Waals surface area contributed by atoms with Crippen LogP contribution in [0.5, 0.6) is 17.2 Å². The minimum absolute atomic E-state index is 0.451. The lowest BCUT2D eigenvalue weighted by atomic mass is 9.98. The average molecular weight is 289 g/mol. The molecular weight excluding hydrogens is 270 g/mol. The number of methoxy groups -OCH3 is 3. The number of aromatic nitrogens is 1. The standard InChI is InChI=1S/C16H19NO4/c1-10-7-8-17-9-12(10)14(18)11-5-6-13(19-2)16(21-4)15(11)20-3/h5-9,14,18H,1-4H3. The predicted molar refractivity (Wildman–Crippen MR) is 79.1 cm³/mol. The normalized spacial score (nSPS) is 11.9. The zero-order valence-electron chi connectivity index (χ0n) is 12.6. The molecule has 0 bridgehead atoms. The van der Waals surface area contributed by atoms with Crippen molar-refractivity contribution in [2.75, 3.05) is 21.3 Å². The van der Waals surface area contributed by atoms with Gasteiger partial charge < -0.3 is 19.3 Å². The third-order valence-electron chi connectivity index (χ3n) is 3.40. The fourth-order valence-electron chi connectivity index (χ4n) is 2.27. The molecule has 5 heteroatoms. The number of hydrogen-bond donors (Lipinski definition) is 1. The molecule has 0 amide bonds. The van der Waals surface area contributed by atoms with Crippen molar-refractivity contribution in [3.8, 4) is 17.2 Å². The van der Waals surface area contributed by atoms with Crippen LogP contribution in [0.3, 0.4) is 0 Å². The van der Waals surface area contributed by atoms with E-state index in [1.807, 2.05) is 13.0 Å². The Morgan fingerprint density at radius 1 is 0.952 bits per heavy atom. The number of pyridine rings is 1. The van der Waals surface area contributed by atoms with E-state index in [-0.39, 0.29) is 0 Å². The van der Waals surface area contributed by atoms with E-state index in [1.54, 1.807) is 31.6 Å². The van der Waals surface area contributed by atoms with Crippen LogP contribution in [0.25, 0.3) is 0 Å². The van der Waals surface area contributed by atoms with Gasteiger partial charge in [0.25, 0.3) is 0 Å². The van der Waals surface area contributed by atoms with Crippen molar-refractivity contribution in [2.24, 2.45) is 0 Å². The van der Waals surface area contributed by atoms with Gasteiger partial charge in [-0.15, -0.1) is 0 Å². The number of rotatable bonds is 5. The van der Waals surface area contributed by atoms with Crippen LogP contribution in [-0.4, -0.2) is 31.4 Å². The highest BCUT2D eigenvalue weighted by molar-refractivity contribution is 5.57. The smallest absolute Gasteiger partial charge is 0.203 e. The molecule has 0 fully saturated rings. The number of benzene rings is 1. The number of aryl methyl sites for hydroxylation is 1. The van der Waals surface area contributed by atoms with Gasteiger partial charge in [-0.25, -0.2) is 0 Å². The molecule has 0 aliphatic rings. The lowest BCUT2D eigenvalue weighted by Crippen LogP contribution is -2.06. The fourth-order valence-corrected chi connectivity index (χ4v) is 2.27. The van der Waals surface area contributed by atoms with Gasteiger partial charge >= 0.3 is 0 Å². The SMILES string of the molecule is COc1ccc(C(O)c2cnccc2C)c(OC)c1OC. The molecule has 2 aromatic rings. The molecule has 0 aliphatic carbocycles. The van der Waals surface area contributed by atoms with Crippen molar-refractivity contribution in [2.45, 2.75) is 13.0 Å². The van der Waals surface area contributed by atoms with Gasteiger partial charge in [0.15, 0.2) is 11.5 Å². The Morgan fingerprint density at radius 3 is 2.24 bits per heavy atom. The molecule has 1 atom stereocenters.